The highest BCUT2D eigenvalue weighted by molar-refractivity contribution is 5.84. The topological polar surface area (TPSA) is 37.3 Å². The number of carboxylic acids is 1. The summed E-state index contributed by atoms with van der Waals surface area (Å²) >= 11 is 0. The van der Waals surface area contributed by atoms with Crippen molar-refractivity contribution in [3.05, 3.63) is 12.2 Å². The standard InChI is InChI=1S/C4H6O2.CHF3/c1-3(2)4(5)6;2-1(3)4/h1H2,2H3,(H,5,6);1H. The molecule has 0 amide bonds. The summed E-state index contributed by atoms with van der Waals surface area (Å²) in [5.74, 6) is -0.935. The Bertz CT molecular complexity index is 107. The summed E-state index contributed by atoms with van der Waals surface area (Å²) in [6, 6.07) is 0. The summed E-state index contributed by atoms with van der Waals surface area (Å²) in [6.45, 7) is 0.935. The van der Waals surface area contributed by atoms with Gasteiger partial charge in [-0.15, -0.1) is 0 Å². The Hall–Kier alpha value is -1.00. The normalized spacial score (nSPS) is 8.10. The lowest BCUT2D eigenvalue weighted by Gasteiger charge is -1.79. The first-order valence-corrected chi connectivity index (χ1v) is 2.19. The highest BCUT2D eigenvalue weighted by Crippen LogP contribution is 1.87. The summed E-state index contributed by atoms with van der Waals surface area (Å²) in [6.07, 6.45) is 0. The van der Waals surface area contributed by atoms with Gasteiger partial charge in [-0.25, -0.2) is 4.79 Å². The van der Waals surface area contributed by atoms with E-state index in [9.17, 15) is 18.0 Å². The Morgan fingerprint density at radius 2 is 1.60 bits per heavy atom. The third-order valence-corrected chi connectivity index (χ3v) is 0.365. The summed E-state index contributed by atoms with van der Waals surface area (Å²) in [7, 11) is 0. The second-order valence-corrected chi connectivity index (χ2v) is 1.33. The molecule has 60 valence electrons. The molecule has 0 saturated heterocycles. The van der Waals surface area contributed by atoms with E-state index >= 15 is 0 Å². The van der Waals surface area contributed by atoms with Crippen LogP contribution in [0.15, 0.2) is 12.2 Å². The second kappa shape index (κ2) is 6.12. The molecule has 0 aliphatic rings. The minimum atomic E-state index is -3.67. The fraction of sp³-hybridized carbons (Fsp3) is 0.400. The first kappa shape index (κ1) is 11.8. The molecule has 1 N–H and O–H groups in total. The van der Waals surface area contributed by atoms with Crippen LogP contribution in [0.5, 0.6) is 0 Å². The fourth-order valence-electron chi connectivity index (χ4n) is 0. The third kappa shape index (κ3) is 28.0. The first-order valence-electron chi connectivity index (χ1n) is 2.19. The van der Waals surface area contributed by atoms with Crippen molar-refractivity contribution in [1.29, 1.82) is 0 Å². The zero-order valence-corrected chi connectivity index (χ0v) is 5.27. The molecule has 5 heteroatoms. The van der Waals surface area contributed by atoms with E-state index in [-0.39, 0.29) is 5.57 Å². The average molecular weight is 156 g/mol. The molecule has 0 aromatic rings. The third-order valence-electron chi connectivity index (χ3n) is 0.365. The number of hydrogen-bond donors (Lipinski definition) is 1. The fourth-order valence-corrected chi connectivity index (χ4v) is 0. The molecular weight excluding hydrogens is 149 g/mol. The van der Waals surface area contributed by atoms with E-state index in [1.165, 1.54) is 6.92 Å². The molecule has 0 unspecified atom stereocenters. The number of hydrogen-bond acceptors (Lipinski definition) is 1. The molecule has 0 fully saturated rings. The molecule has 0 aliphatic carbocycles. The van der Waals surface area contributed by atoms with Gasteiger partial charge in [-0.2, -0.15) is 13.2 Å². The molecule has 0 spiro atoms. The zero-order chi connectivity index (χ0) is 8.73. The Balaban J connectivity index is 0. The number of rotatable bonds is 1. The van der Waals surface area contributed by atoms with Crippen molar-refractivity contribution in [3.8, 4) is 0 Å². The molecular formula is C5H7F3O2. The quantitative estimate of drug-likeness (QED) is 0.588. The minimum absolute atomic E-state index is 0.176. The maximum atomic E-state index is 9.67. The van der Waals surface area contributed by atoms with E-state index < -0.39 is 12.6 Å². The molecule has 0 heterocycles. The first-order chi connectivity index (χ1) is 4.37. The van der Waals surface area contributed by atoms with Crippen LogP contribution in [-0.4, -0.2) is 17.8 Å². The molecule has 0 rings (SSSR count). The Morgan fingerprint density at radius 1 is 1.50 bits per heavy atom. The molecule has 0 aromatic carbocycles. The van der Waals surface area contributed by atoms with Crippen molar-refractivity contribution < 1.29 is 23.1 Å². The van der Waals surface area contributed by atoms with Gasteiger partial charge in [0.25, 0.3) is 0 Å². The SMILES string of the molecule is C=C(C)C(=O)O.FC(F)F. The van der Waals surface area contributed by atoms with Crippen LogP contribution in [0.1, 0.15) is 6.92 Å². The van der Waals surface area contributed by atoms with E-state index in [2.05, 4.69) is 6.58 Å². The van der Waals surface area contributed by atoms with Crippen LogP contribution < -0.4 is 0 Å². The minimum Gasteiger partial charge on any atom is -0.478 e. The van der Waals surface area contributed by atoms with Gasteiger partial charge in [0.05, 0.1) is 0 Å². The lowest BCUT2D eigenvalue weighted by molar-refractivity contribution is -0.132. The van der Waals surface area contributed by atoms with E-state index in [0.717, 1.165) is 0 Å². The Kier molecular flexibility index (Phi) is 7.20. The van der Waals surface area contributed by atoms with Gasteiger partial charge in [0.1, 0.15) is 0 Å². The van der Waals surface area contributed by atoms with Gasteiger partial charge in [-0.05, 0) is 6.92 Å². The van der Waals surface area contributed by atoms with Gasteiger partial charge in [0, 0.05) is 5.57 Å². The average Bonchev–Trinajstić information content (AvgIpc) is 1.63. The summed E-state index contributed by atoms with van der Waals surface area (Å²) in [5.41, 5.74) is 0.176. The monoisotopic (exact) mass is 156 g/mol. The van der Waals surface area contributed by atoms with Gasteiger partial charge in [-0.1, -0.05) is 6.58 Å². The lowest BCUT2D eigenvalue weighted by Crippen LogP contribution is -1.92. The van der Waals surface area contributed by atoms with Crippen molar-refractivity contribution >= 4 is 5.97 Å². The molecule has 0 atom stereocenters. The number of carbonyl (C=O) groups is 1. The van der Waals surface area contributed by atoms with Crippen molar-refractivity contribution in [2.24, 2.45) is 0 Å². The van der Waals surface area contributed by atoms with Crippen LogP contribution in [0.4, 0.5) is 13.2 Å². The van der Waals surface area contributed by atoms with Crippen LogP contribution in [0.3, 0.4) is 0 Å². The number of halogens is 3. The van der Waals surface area contributed by atoms with Crippen molar-refractivity contribution in [3.63, 3.8) is 0 Å². The summed E-state index contributed by atoms with van der Waals surface area (Å²) in [5, 5.41) is 7.89. The maximum Gasteiger partial charge on any atom is 0.379 e. The van der Waals surface area contributed by atoms with Gasteiger partial charge >= 0.3 is 12.6 Å². The predicted octanol–water partition coefficient (Wildman–Crippen LogP) is 1.83. The van der Waals surface area contributed by atoms with E-state index in [1.54, 1.807) is 0 Å². The molecule has 0 saturated carbocycles. The van der Waals surface area contributed by atoms with Crippen molar-refractivity contribution in [1.82, 2.24) is 0 Å². The van der Waals surface area contributed by atoms with E-state index in [1.807, 2.05) is 0 Å². The van der Waals surface area contributed by atoms with Crippen LogP contribution in [0.2, 0.25) is 0 Å². The Labute approximate surface area is 56.0 Å². The van der Waals surface area contributed by atoms with Crippen LogP contribution in [-0.2, 0) is 4.79 Å². The summed E-state index contributed by atoms with van der Waals surface area (Å²) < 4.78 is 29.0. The number of aliphatic carboxylic acids is 1. The highest BCUT2D eigenvalue weighted by Gasteiger charge is 1.90. The molecule has 0 aliphatic heterocycles. The molecule has 0 bridgehead atoms. The number of carboxylic acid groups (broad SMARTS) is 1. The van der Waals surface area contributed by atoms with E-state index in [0.29, 0.717) is 0 Å². The molecule has 0 aromatic heterocycles. The predicted molar refractivity (Wildman–Crippen MR) is 29.6 cm³/mol. The lowest BCUT2D eigenvalue weighted by atomic mass is 10.4. The van der Waals surface area contributed by atoms with E-state index in [4.69, 9.17) is 5.11 Å². The maximum absolute atomic E-state index is 9.67. The Morgan fingerprint density at radius 3 is 1.60 bits per heavy atom. The molecule has 2 nitrogen and oxygen atoms in total. The molecule has 0 radical (unpaired) electrons. The van der Waals surface area contributed by atoms with Crippen LogP contribution in [0, 0.1) is 0 Å². The van der Waals surface area contributed by atoms with Gasteiger partial charge < -0.3 is 5.11 Å². The molecule has 10 heavy (non-hydrogen) atoms. The highest BCUT2D eigenvalue weighted by atomic mass is 19.4. The van der Waals surface area contributed by atoms with Crippen molar-refractivity contribution in [2.45, 2.75) is 13.6 Å². The van der Waals surface area contributed by atoms with Gasteiger partial charge in [0.2, 0.25) is 0 Å². The zero-order valence-electron chi connectivity index (χ0n) is 5.27. The smallest absolute Gasteiger partial charge is 0.379 e. The number of alkyl halides is 3. The second-order valence-electron chi connectivity index (χ2n) is 1.33. The largest absolute Gasteiger partial charge is 0.478 e. The van der Waals surface area contributed by atoms with Gasteiger partial charge in [0.15, 0.2) is 0 Å². The van der Waals surface area contributed by atoms with Crippen LogP contribution >= 0.6 is 0 Å². The summed E-state index contributed by atoms with van der Waals surface area (Å²) in [4.78, 5) is 9.60. The van der Waals surface area contributed by atoms with Gasteiger partial charge in [-0.3, -0.25) is 0 Å². The van der Waals surface area contributed by atoms with Crippen molar-refractivity contribution in [2.75, 3.05) is 0 Å². The van der Waals surface area contributed by atoms with Crippen LogP contribution in [0.25, 0.3) is 0 Å².